The van der Waals surface area contributed by atoms with Crippen LogP contribution < -0.4 is 5.32 Å². The average Bonchev–Trinajstić information content (AvgIpc) is 2.96. The number of carbonyl (C=O) groups is 2. The van der Waals surface area contributed by atoms with Crippen molar-refractivity contribution in [3.8, 4) is 0 Å². The lowest BCUT2D eigenvalue weighted by Crippen LogP contribution is -2.44. The first-order valence-corrected chi connectivity index (χ1v) is 8.07. The lowest BCUT2D eigenvalue weighted by atomic mass is 10.2. The lowest BCUT2D eigenvalue weighted by molar-refractivity contribution is -0.135. The summed E-state index contributed by atoms with van der Waals surface area (Å²) in [6, 6.07) is 7.16. The lowest BCUT2D eigenvalue weighted by Gasteiger charge is -2.22. The highest BCUT2D eigenvalue weighted by atomic mass is 32.2. The second kappa shape index (κ2) is 7.47. The van der Waals surface area contributed by atoms with Gasteiger partial charge in [0.1, 0.15) is 6.04 Å². The normalized spacial score (nSPS) is 17.8. The number of hydrogen-bond acceptors (Lipinski definition) is 4. The maximum absolute atomic E-state index is 12.4. The molecular formula is C15H20N2O3S. The second-order valence-electron chi connectivity index (χ2n) is 4.86. The number of amides is 2. The third-order valence-electron chi connectivity index (χ3n) is 3.31. The molecular weight excluding hydrogens is 288 g/mol. The molecule has 5 nitrogen and oxygen atoms in total. The van der Waals surface area contributed by atoms with Gasteiger partial charge in [0.25, 0.3) is 0 Å². The van der Waals surface area contributed by atoms with Crippen molar-refractivity contribution in [3.63, 3.8) is 0 Å². The number of anilines is 1. The molecule has 1 saturated heterocycles. The molecule has 1 atom stereocenters. The molecule has 1 unspecified atom stereocenters. The van der Waals surface area contributed by atoms with Gasteiger partial charge in [-0.05, 0) is 17.7 Å². The summed E-state index contributed by atoms with van der Waals surface area (Å²) in [4.78, 5) is 25.9. The number of rotatable bonds is 5. The number of thioether (sulfide) groups is 1. The van der Waals surface area contributed by atoms with E-state index >= 15 is 0 Å². The van der Waals surface area contributed by atoms with Gasteiger partial charge in [0.05, 0.1) is 12.5 Å². The third kappa shape index (κ3) is 3.98. The van der Waals surface area contributed by atoms with E-state index in [2.05, 4.69) is 5.32 Å². The van der Waals surface area contributed by atoms with Gasteiger partial charge in [-0.1, -0.05) is 19.1 Å². The molecule has 1 heterocycles. The Kier molecular flexibility index (Phi) is 5.64. The molecule has 1 fully saturated rings. The summed E-state index contributed by atoms with van der Waals surface area (Å²) in [7, 11) is 1.63. The van der Waals surface area contributed by atoms with Gasteiger partial charge in [0.15, 0.2) is 0 Å². The topological polar surface area (TPSA) is 58.6 Å². The molecule has 0 aliphatic carbocycles. The van der Waals surface area contributed by atoms with E-state index in [0.29, 0.717) is 24.7 Å². The van der Waals surface area contributed by atoms with Crippen molar-refractivity contribution in [3.05, 3.63) is 29.8 Å². The first kappa shape index (κ1) is 15.9. The zero-order chi connectivity index (χ0) is 15.2. The van der Waals surface area contributed by atoms with Crippen LogP contribution in [0.15, 0.2) is 24.3 Å². The van der Waals surface area contributed by atoms with E-state index in [9.17, 15) is 9.59 Å². The minimum Gasteiger partial charge on any atom is -0.380 e. The second-order valence-corrected chi connectivity index (χ2v) is 5.86. The van der Waals surface area contributed by atoms with Crippen molar-refractivity contribution in [1.29, 1.82) is 0 Å². The number of nitrogens with zero attached hydrogens (tertiary/aromatic N) is 1. The Morgan fingerprint density at radius 2 is 2.29 bits per heavy atom. The minimum atomic E-state index is -0.381. The quantitative estimate of drug-likeness (QED) is 0.905. The Balaban J connectivity index is 2.03. The van der Waals surface area contributed by atoms with Crippen molar-refractivity contribution in [2.45, 2.75) is 26.0 Å². The van der Waals surface area contributed by atoms with Crippen LogP contribution in [-0.4, -0.2) is 41.5 Å². The van der Waals surface area contributed by atoms with Crippen molar-refractivity contribution in [2.75, 3.05) is 24.1 Å². The van der Waals surface area contributed by atoms with Crippen molar-refractivity contribution in [1.82, 2.24) is 4.90 Å². The standard InChI is InChI=1S/C15H20N2O3S/c1-3-14(18)17-10-21-9-13(17)15(19)16-12-6-4-5-11(7-12)8-20-2/h4-7,13H,3,8-10H2,1-2H3,(H,16,19). The fourth-order valence-electron chi connectivity index (χ4n) is 2.24. The van der Waals surface area contributed by atoms with Crippen LogP contribution >= 0.6 is 11.8 Å². The molecule has 1 aromatic rings. The van der Waals surface area contributed by atoms with Gasteiger partial charge in [0.2, 0.25) is 11.8 Å². The van der Waals surface area contributed by atoms with Gasteiger partial charge in [0, 0.05) is 25.0 Å². The van der Waals surface area contributed by atoms with Gasteiger partial charge in [-0.3, -0.25) is 9.59 Å². The Bertz CT molecular complexity index is 521. The third-order valence-corrected chi connectivity index (χ3v) is 4.33. The van der Waals surface area contributed by atoms with Gasteiger partial charge in [-0.25, -0.2) is 0 Å². The molecule has 0 spiro atoms. The molecule has 114 valence electrons. The van der Waals surface area contributed by atoms with E-state index in [0.717, 1.165) is 11.3 Å². The van der Waals surface area contributed by atoms with Gasteiger partial charge in [-0.2, -0.15) is 0 Å². The molecule has 1 aromatic carbocycles. The zero-order valence-electron chi connectivity index (χ0n) is 12.3. The van der Waals surface area contributed by atoms with Crippen LogP contribution in [0.1, 0.15) is 18.9 Å². The summed E-state index contributed by atoms with van der Waals surface area (Å²) in [5, 5.41) is 2.89. The summed E-state index contributed by atoms with van der Waals surface area (Å²) in [6.45, 7) is 2.32. The minimum absolute atomic E-state index is 0.0216. The van der Waals surface area contributed by atoms with Crippen LogP contribution in [0.3, 0.4) is 0 Å². The van der Waals surface area contributed by atoms with Crippen molar-refractivity contribution >= 4 is 29.3 Å². The highest BCUT2D eigenvalue weighted by molar-refractivity contribution is 7.99. The Morgan fingerprint density at radius 1 is 1.48 bits per heavy atom. The average molecular weight is 308 g/mol. The highest BCUT2D eigenvalue weighted by Gasteiger charge is 2.33. The van der Waals surface area contributed by atoms with Crippen LogP contribution in [0, 0.1) is 0 Å². The van der Waals surface area contributed by atoms with Crippen LogP contribution in [0.2, 0.25) is 0 Å². The predicted molar refractivity (Wildman–Crippen MR) is 84.0 cm³/mol. The van der Waals surface area contributed by atoms with Crippen LogP contribution in [0.25, 0.3) is 0 Å². The van der Waals surface area contributed by atoms with E-state index in [1.807, 2.05) is 31.2 Å². The molecule has 1 aliphatic heterocycles. The summed E-state index contributed by atoms with van der Waals surface area (Å²) in [5.74, 6) is 1.13. The van der Waals surface area contributed by atoms with Gasteiger partial charge < -0.3 is 15.0 Å². The molecule has 0 aromatic heterocycles. The predicted octanol–water partition coefficient (Wildman–Crippen LogP) is 2.08. The Labute approximate surface area is 129 Å². The number of hydrogen-bond donors (Lipinski definition) is 1. The SMILES string of the molecule is CCC(=O)N1CSCC1C(=O)Nc1cccc(COC)c1. The van der Waals surface area contributed by atoms with Crippen molar-refractivity contribution < 1.29 is 14.3 Å². The van der Waals surface area contributed by atoms with E-state index in [1.54, 1.807) is 23.8 Å². The number of benzene rings is 1. The van der Waals surface area contributed by atoms with E-state index in [4.69, 9.17) is 4.74 Å². The number of nitrogens with one attached hydrogen (secondary N) is 1. The summed E-state index contributed by atoms with van der Waals surface area (Å²) < 4.78 is 5.08. The maximum Gasteiger partial charge on any atom is 0.248 e. The molecule has 0 saturated carbocycles. The molecule has 2 rings (SSSR count). The molecule has 1 aliphatic rings. The molecule has 6 heteroatoms. The Hall–Kier alpha value is -1.53. The molecule has 21 heavy (non-hydrogen) atoms. The summed E-state index contributed by atoms with van der Waals surface area (Å²) >= 11 is 1.61. The molecule has 0 radical (unpaired) electrons. The maximum atomic E-state index is 12.4. The number of methoxy groups -OCH3 is 1. The fourth-order valence-corrected chi connectivity index (χ4v) is 3.42. The number of carbonyl (C=O) groups excluding carboxylic acids is 2. The Morgan fingerprint density at radius 3 is 3.00 bits per heavy atom. The monoisotopic (exact) mass is 308 g/mol. The van der Waals surface area contributed by atoms with Gasteiger partial charge >= 0.3 is 0 Å². The van der Waals surface area contributed by atoms with E-state index in [1.165, 1.54) is 0 Å². The molecule has 1 N–H and O–H groups in total. The van der Waals surface area contributed by atoms with Crippen LogP contribution in [-0.2, 0) is 20.9 Å². The first-order valence-electron chi connectivity index (χ1n) is 6.91. The summed E-state index contributed by atoms with van der Waals surface area (Å²) in [6.07, 6.45) is 0.424. The van der Waals surface area contributed by atoms with Gasteiger partial charge in [-0.15, -0.1) is 11.8 Å². The first-order chi connectivity index (χ1) is 10.2. The van der Waals surface area contributed by atoms with Crippen LogP contribution in [0.5, 0.6) is 0 Å². The van der Waals surface area contributed by atoms with E-state index in [-0.39, 0.29) is 17.9 Å². The number of ether oxygens (including phenoxy) is 1. The highest BCUT2D eigenvalue weighted by Crippen LogP contribution is 2.23. The summed E-state index contributed by atoms with van der Waals surface area (Å²) in [5.41, 5.74) is 1.73. The van der Waals surface area contributed by atoms with Crippen LogP contribution in [0.4, 0.5) is 5.69 Å². The fraction of sp³-hybridized carbons (Fsp3) is 0.467. The zero-order valence-corrected chi connectivity index (χ0v) is 13.1. The smallest absolute Gasteiger partial charge is 0.248 e. The molecule has 2 amide bonds. The van der Waals surface area contributed by atoms with Crippen molar-refractivity contribution in [2.24, 2.45) is 0 Å². The largest absolute Gasteiger partial charge is 0.380 e. The molecule has 0 bridgehead atoms. The van der Waals surface area contributed by atoms with E-state index < -0.39 is 0 Å².